The minimum atomic E-state index is -3.74. The zero-order valence-electron chi connectivity index (χ0n) is 16.5. The third-order valence-corrected chi connectivity index (χ3v) is 9.33. The number of hydrogen-bond donors (Lipinski definition) is 0. The van der Waals surface area contributed by atoms with Gasteiger partial charge in [-0.3, -0.25) is 4.79 Å². The Morgan fingerprint density at radius 2 is 1.69 bits per heavy atom. The molecule has 1 heterocycles. The molecule has 1 amide bonds. The molecule has 1 saturated heterocycles. The van der Waals surface area contributed by atoms with Gasteiger partial charge in [-0.25, -0.2) is 16.8 Å². The first-order chi connectivity index (χ1) is 13.6. The zero-order chi connectivity index (χ0) is 21.2. The van der Waals surface area contributed by atoms with E-state index >= 15 is 0 Å². The Labute approximate surface area is 172 Å². The van der Waals surface area contributed by atoms with E-state index in [0.29, 0.717) is 12.1 Å². The van der Waals surface area contributed by atoms with E-state index in [1.165, 1.54) is 24.3 Å². The summed E-state index contributed by atoms with van der Waals surface area (Å²) in [7, 11) is -7.04. The molecule has 0 radical (unpaired) electrons. The van der Waals surface area contributed by atoms with Crippen LogP contribution in [0.5, 0.6) is 0 Å². The summed E-state index contributed by atoms with van der Waals surface area (Å²) in [4.78, 5) is 14.8. The number of sulfone groups is 2. The highest BCUT2D eigenvalue weighted by Gasteiger charge is 2.38. The Morgan fingerprint density at radius 1 is 1.07 bits per heavy atom. The molecule has 0 bridgehead atoms. The molecule has 1 atom stereocenters. The molecule has 6 nitrogen and oxygen atoms in total. The fourth-order valence-electron chi connectivity index (χ4n) is 3.42. The molecule has 1 fully saturated rings. The normalized spacial score (nSPS) is 18.7. The SMILES string of the molecule is CC(C)N(Cc1ccccc1)C(=O)c1ccc(S(=O)(=O)[C@@H]2CCS(=O)(=O)C2)cc1. The highest BCUT2D eigenvalue weighted by atomic mass is 32.2. The Balaban J connectivity index is 1.80. The number of carbonyl (C=O) groups excluding carboxylic acids is 1. The number of amides is 1. The summed E-state index contributed by atoms with van der Waals surface area (Å²) < 4.78 is 48.7. The third kappa shape index (κ3) is 4.87. The van der Waals surface area contributed by atoms with E-state index in [-0.39, 0.29) is 34.8 Å². The van der Waals surface area contributed by atoms with Crippen LogP contribution in [0.3, 0.4) is 0 Å². The van der Waals surface area contributed by atoms with Crippen LogP contribution < -0.4 is 0 Å². The second-order valence-electron chi connectivity index (χ2n) is 7.61. The summed E-state index contributed by atoms with van der Waals surface area (Å²) in [5.41, 5.74) is 1.41. The van der Waals surface area contributed by atoms with Crippen LogP contribution in [0.1, 0.15) is 36.2 Å². The summed E-state index contributed by atoms with van der Waals surface area (Å²) in [6.45, 7) is 4.32. The van der Waals surface area contributed by atoms with Crippen LogP contribution in [0.25, 0.3) is 0 Å². The molecular formula is C21H25NO5S2. The first kappa shape index (κ1) is 21.5. The molecule has 0 saturated carbocycles. The second-order valence-corrected chi connectivity index (χ2v) is 12.1. The van der Waals surface area contributed by atoms with E-state index in [9.17, 15) is 21.6 Å². The van der Waals surface area contributed by atoms with Gasteiger partial charge in [0.25, 0.3) is 5.91 Å². The van der Waals surface area contributed by atoms with Crippen molar-refractivity contribution in [2.75, 3.05) is 11.5 Å². The van der Waals surface area contributed by atoms with Crippen molar-refractivity contribution in [3.05, 3.63) is 65.7 Å². The number of rotatable bonds is 6. The molecule has 3 rings (SSSR count). The Bertz CT molecular complexity index is 1080. The number of nitrogens with zero attached hydrogens (tertiary/aromatic N) is 1. The van der Waals surface area contributed by atoms with Crippen molar-refractivity contribution in [3.63, 3.8) is 0 Å². The minimum absolute atomic E-state index is 0.0326. The lowest BCUT2D eigenvalue weighted by Crippen LogP contribution is -2.36. The summed E-state index contributed by atoms with van der Waals surface area (Å²) in [5, 5.41) is -0.917. The summed E-state index contributed by atoms with van der Waals surface area (Å²) >= 11 is 0. The fourth-order valence-corrected chi connectivity index (χ4v) is 7.78. The van der Waals surface area contributed by atoms with Crippen LogP contribution in [-0.2, 0) is 26.2 Å². The second kappa shape index (κ2) is 8.28. The first-order valence-corrected chi connectivity index (χ1v) is 12.9. The third-order valence-electron chi connectivity index (χ3n) is 5.14. The molecule has 0 N–H and O–H groups in total. The molecule has 0 unspecified atom stereocenters. The van der Waals surface area contributed by atoms with Gasteiger partial charge in [0.2, 0.25) is 0 Å². The summed E-state index contributed by atoms with van der Waals surface area (Å²) in [6, 6.07) is 15.4. The Morgan fingerprint density at radius 3 is 2.21 bits per heavy atom. The lowest BCUT2D eigenvalue weighted by atomic mass is 10.1. The molecule has 2 aromatic carbocycles. The quantitative estimate of drug-likeness (QED) is 0.696. The smallest absolute Gasteiger partial charge is 0.254 e. The van der Waals surface area contributed by atoms with Gasteiger partial charge in [0.15, 0.2) is 19.7 Å². The average molecular weight is 436 g/mol. The summed E-state index contributed by atoms with van der Waals surface area (Å²) in [6.07, 6.45) is 0.115. The van der Waals surface area contributed by atoms with Crippen molar-refractivity contribution in [2.45, 2.75) is 43.0 Å². The topological polar surface area (TPSA) is 88.6 Å². The molecule has 29 heavy (non-hydrogen) atoms. The zero-order valence-corrected chi connectivity index (χ0v) is 18.1. The maximum Gasteiger partial charge on any atom is 0.254 e. The molecule has 1 aliphatic heterocycles. The van der Waals surface area contributed by atoms with Crippen molar-refractivity contribution in [2.24, 2.45) is 0 Å². The number of carbonyl (C=O) groups is 1. The van der Waals surface area contributed by atoms with Gasteiger partial charge in [0.1, 0.15) is 0 Å². The van der Waals surface area contributed by atoms with E-state index in [1.54, 1.807) is 4.90 Å². The number of hydrogen-bond acceptors (Lipinski definition) is 5. The van der Waals surface area contributed by atoms with Gasteiger partial charge in [0.05, 0.1) is 21.7 Å². The molecular weight excluding hydrogens is 410 g/mol. The molecule has 8 heteroatoms. The molecule has 1 aliphatic rings. The highest BCUT2D eigenvalue weighted by Crippen LogP contribution is 2.26. The van der Waals surface area contributed by atoms with E-state index < -0.39 is 24.9 Å². The van der Waals surface area contributed by atoms with Gasteiger partial charge in [-0.1, -0.05) is 30.3 Å². The van der Waals surface area contributed by atoms with Crippen LogP contribution in [0, 0.1) is 0 Å². The maximum absolute atomic E-state index is 13.0. The lowest BCUT2D eigenvalue weighted by molar-refractivity contribution is 0.0690. The van der Waals surface area contributed by atoms with Crippen molar-refractivity contribution in [3.8, 4) is 0 Å². The van der Waals surface area contributed by atoms with Crippen molar-refractivity contribution < 1.29 is 21.6 Å². The predicted molar refractivity (Wildman–Crippen MR) is 112 cm³/mol. The van der Waals surface area contributed by atoms with Gasteiger partial charge < -0.3 is 4.90 Å². The van der Waals surface area contributed by atoms with Crippen molar-refractivity contribution in [1.82, 2.24) is 4.90 Å². The largest absolute Gasteiger partial charge is 0.332 e. The van der Waals surface area contributed by atoms with Gasteiger partial charge in [-0.15, -0.1) is 0 Å². The van der Waals surface area contributed by atoms with Crippen molar-refractivity contribution >= 4 is 25.6 Å². The van der Waals surface area contributed by atoms with E-state index in [4.69, 9.17) is 0 Å². The van der Waals surface area contributed by atoms with Crippen molar-refractivity contribution in [1.29, 1.82) is 0 Å². The molecule has 0 aromatic heterocycles. The first-order valence-electron chi connectivity index (χ1n) is 9.49. The van der Waals surface area contributed by atoms with Crippen LogP contribution in [0.15, 0.2) is 59.5 Å². The molecule has 2 aromatic rings. The molecule has 0 spiro atoms. The van der Waals surface area contributed by atoms with E-state index in [0.717, 1.165) is 5.56 Å². The van der Waals surface area contributed by atoms with Crippen LogP contribution in [-0.4, -0.2) is 50.4 Å². The van der Waals surface area contributed by atoms with Crippen LogP contribution in [0.4, 0.5) is 0 Å². The monoisotopic (exact) mass is 435 g/mol. The van der Waals surface area contributed by atoms with Gasteiger partial charge >= 0.3 is 0 Å². The maximum atomic E-state index is 13.0. The van der Waals surface area contributed by atoms with Crippen LogP contribution in [0.2, 0.25) is 0 Å². The molecule has 0 aliphatic carbocycles. The van der Waals surface area contributed by atoms with Gasteiger partial charge in [-0.05, 0) is 50.1 Å². The van der Waals surface area contributed by atoms with Crippen LogP contribution >= 0.6 is 0 Å². The standard InChI is InChI=1S/C21H25NO5S2/c1-16(2)22(14-17-6-4-3-5-7-17)21(23)18-8-10-19(11-9-18)29(26,27)20-12-13-28(24,25)15-20/h3-11,16,20H,12-15H2,1-2H3/t20-/m1/s1. The number of benzene rings is 2. The van der Waals surface area contributed by atoms with Gasteiger partial charge in [0, 0.05) is 18.2 Å². The molecule has 156 valence electrons. The van der Waals surface area contributed by atoms with E-state index in [2.05, 4.69) is 0 Å². The fraction of sp³-hybridized carbons (Fsp3) is 0.381. The van der Waals surface area contributed by atoms with E-state index in [1.807, 2.05) is 44.2 Å². The Hall–Kier alpha value is -2.19. The summed E-state index contributed by atoms with van der Waals surface area (Å²) in [5.74, 6) is -0.624. The minimum Gasteiger partial charge on any atom is -0.332 e. The lowest BCUT2D eigenvalue weighted by Gasteiger charge is -2.27. The predicted octanol–water partition coefficient (Wildman–Crippen LogP) is 2.70. The van der Waals surface area contributed by atoms with Gasteiger partial charge in [-0.2, -0.15) is 0 Å². The average Bonchev–Trinajstić information content (AvgIpc) is 3.07. The Kier molecular flexibility index (Phi) is 6.14. The highest BCUT2D eigenvalue weighted by molar-refractivity contribution is 7.96.